The lowest BCUT2D eigenvalue weighted by atomic mass is 10.1. The average Bonchev–Trinajstić information content (AvgIpc) is 2.97. The van der Waals surface area contributed by atoms with Gasteiger partial charge in [0.2, 0.25) is 5.75 Å². The zero-order chi connectivity index (χ0) is 20.3. The van der Waals surface area contributed by atoms with Crippen molar-refractivity contribution < 1.29 is 19.2 Å². The maximum Gasteiger partial charge on any atom is 0.311 e. The number of nitro groups is 1. The van der Waals surface area contributed by atoms with Crippen LogP contribution in [0.5, 0.6) is 5.75 Å². The number of amides is 2. The Morgan fingerprint density at radius 2 is 1.89 bits per heavy atom. The second-order valence-corrected chi connectivity index (χ2v) is 6.26. The van der Waals surface area contributed by atoms with Crippen LogP contribution in [0.4, 0.5) is 11.4 Å². The van der Waals surface area contributed by atoms with Crippen LogP contribution in [0, 0.1) is 10.1 Å². The quantitative estimate of drug-likeness (QED) is 0.358. The molecule has 3 rings (SSSR count). The van der Waals surface area contributed by atoms with Crippen molar-refractivity contribution >= 4 is 29.3 Å². The van der Waals surface area contributed by atoms with Crippen molar-refractivity contribution in [3.05, 3.63) is 69.8 Å². The molecule has 0 aromatic heterocycles. The summed E-state index contributed by atoms with van der Waals surface area (Å²) in [5.41, 5.74) is 2.96. The van der Waals surface area contributed by atoms with Gasteiger partial charge in [0.25, 0.3) is 11.8 Å². The van der Waals surface area contributed by atoms with Crippen molar-refractivity contribution in [3.63, 3.8) is 0 Å². The lowest BCUT2D eigenvalue weighted by Gasteiger charge is -2.15. The first-order valence-corrected chi connectivity index (χ1v) is 8.78. The molecule has 2 aromatic rings. The molecule has 1 fully saturated rings. The predicted octanol–water partition coefficient (Wildman–Crippen LogP) is 3.23. The van der Waals surface area contributed by atoms with Gasteiger partial charge in [-0.15, -0.1) is 0 Å². The minimum Gasteiger partial charge on any atom is -0.483 e. The van der Waals surface area contributed by atoms with E-state index < -0.39 is 16.7 Å². The largest absolute Gasteiger partial charge is 0.483 e. The number of hydrazine groups is 1. The molecule has 0 aliphatic carbocycles. The fourth-order valence-electron chi connectivity index (χ4n) is 2.68. The first-order chi connectivity index (χ1) is 13.4. The maximum atomic E-state index is 12.7. The van der Waals surface area contributed by atoms with E-state index in [1.165, 1.54) is 18.2 Å². The van der Waals surface area contributed by atoms with Crippen LogP contribution >= 0.6 is 0 Å². The maximum absolute atomic E-state index is 12.7. The molecule has 8 nitrogen and oxygen atoms in total. The van der Waals surface area contributed by atoms with Crippen LogP contribution in [0.1, 0.15) is 25.8 Å². The molecule has 0 bridgehead atoms. The van der Waals surface area contributed by atoms with Gasteiger partial charge in [0.05, 0.1) is 16.7 Å². The monoisotopic (exact) mass is 381 g/mol. The normalized spacial score (nSPS) is 16.2. The smallest absolute Gasteiger partial charge is 0.311 e. The highest BCUT2D eigenvalue weighted by Gasteiger charge is 2.35. The van der Waals surface area contributed by atoms with Gasteiger partial charge in [-0.2, -0.15) is 0 Å². The molecular formula is C20H19N3O5. The molecule has 1 unspecified atom stereocenters. The van der Waals surface area contributed by atoms with E-state index in [1.807, 2.05) is 6.92 Å². The van der Waals surface area contributed by atoms with Gasteiger partial charge in [0.15, 0.2) is 0 Å². The van der Waals surface area contributed by atoms with Gasteiger partial charge >= 0.3 is 5.69 Å². The zero-order valence-corrected chi connectivity index (χ0v) is 15.4. The van der Waals surface area contributed by atoms with Crippen LogP contribution in [0.3, 0.4) is 0 Å². The lowest BCUT2D eigenvalue weighted by Crippen LogP contribution is -2.35. The van der Waals surface area contributed by atoms with Gasteiger partial charge in [-0.05, 0) is 31.6 Å². The van der Waals surface area contributed by atoms with Gasteiger partial charge < -0.3 is 4.74 Å². The Morgan fingerprint density at radius 1 is 1.18 bits per heavy atom. The van der Waals surface area contributed by atoms with E-state index in [1.54, 1.807) is 43.3 Å². The number of para-hydroxylation sites is 2. The molecule has 2 aromatic carbocycles. The Kier molecular flexibility index (Phi) is 5.39. The summed E-state index contributed by atoms with van der Waals surface area (Å²) in [5, 5.41) is 12.5. The third kappa shape index (κ3) is 3.71. The Hall–Kier alpha value is -3.68. The molecule has 1 atom stereocenters. The molecule has 1 heterocycles. The molecule has 1 aliphatic rings. The number of nitro benzene ring substituents is 1. The number of nitrogens with one attached hydrogen (secondary N) is 1. The molecule has 2 amide bonds. The Balaban J connectivity index is 2.03. The summed E-state index contributed by atoms with van der Waals surface area (Å²) in [4.78, 5) is 35.9. The van der Waals surface area contributed by atoms with Crippen LogP contribution < -0.4 is 15.2 Å². The molecule has 0 spiro atoms. The van der Waals surface area contributed by atoms with Crippen LogP contribution in [0.15, 0.2) is 54.1 Å². The summed E-state index contributed by atoms with van der Waals surface area (Å²) in [5.74, 6) is -1.10. The average molecular weight is 381 g/mol. The number of rotatable bonds is 6. The van der Waals surface area contributed by atoms with E-state index in [4.69, 9.17) is 4.74 Å². The second-order valence-electron chi connectivity index (χ2n) is 6.26. The van der Waals surface area contributed by atoms with Gasteiger partial charge in [-0.25, -0.2) is 5.01 Å². The lowest BCUT2D eigenvalue weighted by molar-refractivity contribution is -0.386. The standard InChI is InChI=1S/C20H19N3O5/c1-3-13(2)28-18-14(8-7-11-17(18)23(26)27)12-16-19(24)21-22(20(16)25)15-9-5-4-6-10-15/h4-13H,3H2,1-2H3,(H,21,24). The van der Waals surface area contributed by atoms with E-state index in [9.17, 15) is 19.7 Å². The topological polar surface area (TPSA) is 102 Å². The highest BCUT2D eigenvalue weighted by molar-refractivity contribution is 6.31. The highest BCUT2D eigenvalue weighted by atomic mass is 16.6. The predicted molar refractivity (Wildman–Crippen MR) is 104 cm³/mol. The highest BCUT2D eigenvalue weighted by Crippen LogP contribution is 2.34. The summed E-state index contributed by atoms with van der Waals surface area (Å²) in [7, 11) is 0. The fourth-order valence-corrected chi connectivity index (χ4v) is 2.68. The zero-order valence-electron chi connectivity index (χ0n) is 15.4. The number of anilines is 1. The summed E-state index contributed by atoms with van der Waals surface area (Å²) >= 11 is 0. The number of carbonyl (C=O) groups excluding carboxylic acids is 2. The Morgan fingerprint density at radius 3 is 2.54 bits per heavy atom. The SMILES string of the molecule is CCC(C)Oc1c(C=C2C(=O)NN(c3ccccc3)C2=O)cccc1[N+](=O)[O-]. The van der Waals surface area contributed by atoms with Crippen LogP contribution in [0.2, 0.25) is 0 Å². The molecule has 1 aliphatic heterocycles. The second kappa shape index (κ2) is 7.91. The summed E-state index contributed by atoms with van der Waals surface area (Å²) in [6, 6.07) is 13.0. The van der Waals surface area contributed by atoms with Gasteiger partial charge in [0, 0.05) is 11.6 Å². The molecule has 1 saturated heterocycles. The first-order valence-electron chi connectivity index (χ1n) is 8.78. The summed E-state index contributed by atoms with van der Waals surface area (Å²) in [6.45, 7) is 3.68. The van der Waals surface area contributed by atoms with Crippen molar-refractivity contribution in [2.45, 2.75) is 26.4 Å². The number of benzene rings is 2. The van der Waals surface area contributed by atoms with Gasteiger partial charge in [-0.3, -0.25) is 25.1 Å². The number of hydrogen-bond acceptors (Lipinski definition) is 5. The molecular weight excluding hydrogens is 362 g/mol. The van der Waals surface area contributed by atoms with Crippen LogP contribution in [0.25, 0.3) is 6.08 Å². The summed E-state index contributed by atoms with van der Waals surface area (Å²) < 4.78 is 5.74. The van der Waals surface area contributed by atoms with Crippen molar-refractivity contribution in [1.29, 1.82) is 0 Å². The molecule has 144 valence electrons. The summed E-state index contributed by atoms with van der Waals surface area (Å²) in [6.07, 6.45) is 1.70. The number of ether oxygens (including phenoxy) is 1. The minimum atomic E-state index is -0.588. The van der Waals surface area contributed by atoms with E-state index in [0.717, 1.165) is 5.01 Å². The third-order valence-corrected chi connectivity index (χ3v) is 4.32. The van der Waals surface area contributed by atoms with Gasteiger partial charge in [-0.1, -0.05) is 37.3 Å². The Labute approximate surface area is 161 Å². The van der Waals surface area contributed by atoms with Crippen molar-refractivity contribution in [1.82, 2.24) is 5.43 Å². The van der Waals surface area contributed by atoms with Gasteiger partial charge in [0.1, 0.15) is 5.57 Å². The van der Waals surface area contributed by atoms with Crippen molar-refractivity contribution in [2.24, 2.45) is 0 Å². The van der Waals surface area contributed by atoms with Crippen LogP contribution in [-0.2, 0) is 9.59 Å². The van der Waals surface area contributed by atoms with E-state index in [-0.39, 0.29) is 23.1 Å². The molecule has 0 radical (unpaired) electrons. The number of nitrogens with zero attached hydrogens (tertiary/aromatic N) is 2. The molecule has 0 saturated carbocycles. The Bertz CT molecular complexity index is 956. The first kappa shape index (κ1) is 19.1. The van der Waals surface area contributed by atoms with Crippen molar-refractivity contribution in [2.75, 3.05) is 5.01 Å². The minimum absolute atomic E-state index is 0.0353. The number of hydrogen-bond donors (Lipinski definition) is 1. The van der Waals surface area contributed by atoms with Crippen LogP contribution in [-0.4, -0.2) is 22.8 Å². The number of carbonyl (C=O) groups is 2. The molecule has 28 heavy (non-hydrogen) atoms. The van der Waals surface area contributed by atoms with E-state index in [2.05, 4.69) is 5.43 Å². The van der Waals surface area contributed by atoms with Crippen molar-refractivity contribution in [3.8, 4) is 5.75 Å². The fraction of sp³-hybridized carbons (Fsp3) is 0.200. The molecule has 1 N–H and O–H groups in total. The third-order valence-electron chi connectivity index (χ3n) is 4.32. The molecule has 8 heteroatoms. The van der Waals surface area contributed by atoms with E-state index in [0.29, 0.717) is 17.7 Å². The van der Waals surface area contributed by atoms with E-state index >= 15 is 0 Å².